The third-order valence-corrected chi connectivity index (χ3v) is 3.93. The molecule has 3 nitrogen and oxygen atoms in total. The van der Waals surface area contributed by atoms with Crippen molar-refractivity contribution >= 4 is 9.84 Å². The van der Waals surface area contributed by atoms with Gasteiger partial charge < -0.3 is 0 Å². The molecule has 98 valence electrons. The number of rotatable bonds is 2. The van der Waals surface area contributed by atoms with Crippen LogP contribution >= 0.6 is 0 Å². The van der Waals surface area contributed by atoms with E-state index in [1.165, 1.54) is 26.0 Å². The van der Waals surface area contributed by atoms with Gasteiger partial charge >= 0.3 is 5.51 Å². The molecule has 0 aromatic heterocycles. The molecule has 0 aliphatic carbocycles. The zero-order valence-corrected chi connectivity index (χ0v) is 10.4. The van der Waals surface area contributed by atoms with Crippen LogP contribution in [0.15, 0.2) is 29.2 Å². The van der Waals surface area contributed by atoms with Crippen molar-refractivity contribution in [2.75, 3.05) is 0 Å². The first-order valence-electron chi connectivity index (χ1n) is 4.85. The average molecular weight is 277 g/mol. The Morgan fingerprint density at radius 3 is 2.22 bits per heavy atom. The van der Waals surface area contributed by atoms with Gasteiger partial charge in [0.2, 0.25) is 0 Å². The summed E-state index contributed by atoms with van der Waals surface area (Å²) in [7, 11) is -5.38. The fourth-order valence-corrected chi connectivity index (χ4v) is 2.06. The Bertz CT molecular complexity index is 597. The molecule has 0 saturated heterocycles. The van der Waals surface area contributed by atoms with E-state index in [0.717, 1.165) is 12.1 Å². The maximum absolute atomic E-state index is 12.4. The van der Waals surface area contributed by atoms with E-state index in [9.17, 15) is 21.6 Å². The number of nitriles is 1. The summed E-state index contributed by atoms with van der Waals surface area (Å²) in [5, 5.41) is 8.88. The topological polar surface area (TPSA) is 57.9 Å². The van der Waals surface area contributed by atoms with E-state index in [4.69, 9.17) is 5.26 Å². The van der Waals surface area contributed by atoms with Crippen LogP contribution in [0.4, 0.5) is 13.2 Å². The normalized spacial score (nSPS) is 13.1. The molecule has 1 aromatic carbocycles. The van der Waals surface area contributed by atoms with E-state index in [1.54, 1.807) is 0 Å². The third-order valence-electron chi connectivity index (χ3n) is 2.45. The average Bonchev–Trinajstić information content (AvgIpc) is 2.27. The largest absolute Gasteiger partial charge is 0.501 e. The minimum absolute atomic E-state index is 0.218. The van der Waals surface area contributed by atoms with Crippen LogP contribution in [0.25, 0.3) is 0 Å². The highest BCUT2D eigenvalue weighted by molar-refractivity contribution is 7.92. The molecule has 7 heteroatoms. The molecule has 0 fully saturated rings. The summed E-state index contributed by atoms with van der Waals surface area (Å²) in [6.07, 6.45) is 0. The molecule has 0 saturated carbocycles. The van der Waals surface area contributed by atoms with Crippen LogP contribution in [-0.4, -0.2) is 13.9 Å². The molecule has 0 unspecified atom stereocenters. The number of sulfone groups is 1. The van der Waals surface area contributed by atoms with Gasteiger partial charge in [-0.3, -0.25) is 0 Å². The number of hydrogen-bond acceptors (Lipinski definition) is 3. The maximum atomic E-state index is 12.4. The van der Waals surface area contributed by atoms with Crippen molar-refractivity contribution in [1.29, 1.82) is 5.26 Å². The van der Waals surface area contributed by atoms with Gasteiger partial charge in [0, 0.05) is 0 Å². The van der Waals surface area contributed by atoms with Crippen molar-refractivity contribution in [3.05, 3.63) is 29.8 Å². The highest BCUT2D eigenvalue weighted by Crippen LogP contribution is 2.32. The van der Waals surface area contributed by atoms with Crippen molar-refractivity contribution < 1.29 is 21.6 Å². The number of nitrogens with zero attached hydrogens (tertiary/aromatic N) is 1. The summed E-state index contributed by atoms with van der Waals surface area (Å²) in [6, 6.07) is 6.24. The number of benzene rings is 1. The molecule has 0 bridgehead atoms. The lowest BCUT2D eigenvalue weighted by Crippen LogP contribution is -2.24. The molecule has 0 heterocycles. The smallest absolute Gasteiger partial charge is 0.214 e. The predicted octanol–water partition coefficient (Wildman–Crippen LogP) is 2.78. The van der Waals surface area contributed by atoms with Crippen LogP contribution in [0.3, 0.4) is 0 Å². The van der Waals surface area contributed by atoms with E-state index in [1.807, 2.05) is 6.07 Å². The summed E-state index contributed by atoms with van der Waals surface area (Å²) in [6.45, 7) is 2.98. The molecule has 0 radical (unpaired) electrons. The van der Waals surface area contributed by atoms with Crippen LogP contribution in [0, 0.1) is 11.3 Å². The van der Waals surface area contributed by atoms with Gasteiger partial charge in [0.15, 0.2) is 0 Å². The molecule has 0 spiro atoms. The van der Waals surface area contributed by atoms with E-state index >= 15 is 0 Å². The van der Waals surface area contributed by atoms with Crippen molar-refractivity contribution in [3.63, 3.8) is 0 Å². The third kappa shape index (κ3) is 2.48. The highest BCUT2D eigenvalue weighted by Gasteiger charge is 2.47. The zero-order chi connectivity index (χ0) is 14.2. The van der Waals surface area contributed by atoms with Crippen LogP contribution in [0.2, 0.25) is 0 Å². The number of alkyl halides is 3. The first kappa shape index (κ1) is 14.5. The lowest BCUT2D eigenvalue weighted by molar-refractivity contribution is -0.0436. The Labute approximate surface area is 103 Å². The van der Waals surface area contributed by atoms with Gasteiger partial charge in [-0.05, 0) is 31.5 Å². The summed E-state index contributed by atoms with van der Waals surface area (Å²) < 4.78 is 59.6. The molecule has 0 amide bonds. The van der Waals surface area contributed by atoms with E-state index in [0.29, 0.717) is 0 Å². The first-order valence-corrected chi connectivity index (χ1v) is 6.34. The minimum atomic E-state index is -5.38. The van der Waals surface area contributed by atoms with Gasteiger partial charge in [-0.2, -0.15) is 18.4 Å². The molecule has 18 heavy (non-hydrogen) atoms. The van der Waals surface area contributed by atoms with Gasteiger partial charge in [0.1, 0.15) is 0 Å². The van der Waals surface area contributed by atoms with Crippen molar-refractivity contribution in [1.82, 2.24) is 0 Å². The fourth-order valence-electron chi connectivity index (χ4n) is 1.25. The molecule has 0 atom stereocenters. The molecule has 0 aliphatic rings. The molecule has 0 N–H and O–H groups in total. The molecule has 0 aliphatic heterocycles. The molecular weight excluding hydrogens is 267 g/mol. The van der Waals surface area contributed by atoms with Gasteiger partial charge in [0.25, 0.3) is 9.84 Å². The Hall–Kier alpha value is -1.55. The van der Waals surface area contributed by atoms with E-state index in [-0.39, 0.29) is 5.56 Å². The maximum Gasteiger partial charge on any atom is 0.501 e. The lowest BCUT2D eigenvalue weighted by atomic mass is 9.86. The standard InChI is InChI=1S/C11H10F3NO2S/c1-10(2,7-15)8-4-3-5-9(6-8)18(16,17)11(12,13)14/h3-6H,1-2H3. The van der Waals surface area contributed by atoms with Crippen molar-refractivity contribution in [2.45, 2.75) is 29.7 Å². The van der Waals surface area contributed by atoms with E-state index in [2.05, 4.69) is 0 Å². The fraction of sp³-hybridized carbons (Fsp3) is 0.364. The lowest BCUT2D eigenvalue weighted by Gasteiger charge is -2.17. The monoisotopic (exact) mass is 277 g/mol. The second-order valence-electron chi connectivity index (χ2n) is 4.21. The number of halogens is 3. The SMILES string of the molecule is CC(C)(C#N)c1cccc(S(=O)(=O)C(F)(F)F)c1. The molecule has 1 aromatic rings. The number of hydrogen-bond donors (Lipinski definition) is 0. The summed E-state index contributed by atoms with van der Waals surface area (Å²) in [4.78, 5) is -0.851. The van der Waals surface area contributed by atoms with Gasteiger partial charge in [-0.1, -0.05) is 12.1 Å². The summed E-state index contributed by atoms with van der Waals surface area (Å²) in [5.41, 5.74) is -6.19. The Kier molecular flexibility index (Phi) is 3.45. The van der Waals surface area contributed by atoms with Crippen LogP contribution in [0.1, 0.15) is 19.4 Å². The quantitative estimate of drug-likeness (QED) is 0.835. The van der Waals surface area contributed by atoms with Crippen molar-refractivity contribution in [3.8, 4) is 6.07 Å². The zero-order valence-electron chi connectivity index (χ0n) is 9.62. The Morgan fingerprint density at radius 2 is 1.78 bits per heavy atom. The molecule has 1 rings (SSSR count). The first-order chi connectivity index (χ1) is 8.02. The van der Waals surface area contributed by atoms with Crippen LogP contribution in [0.5, 0.6) is 0 Å². The highest BCUT2D eigenvalue weighted by atomic mass is 32.2. The van der Waals surface area contributed by atoms with Gasteiger partial charge in [-0.15, -0.1) is 0 Å². The summed E-state index contributed by atoms with van der Waals surface area (Å²) >= 11 is 0. The second-order valence-corrected chi connectivity index (χ2v) is 6.16. The van der Waals surface area contributed by atoms with Crippen LogP contribution in [-0.2, 0) is 15.3 Å². The Balaban J connectivity index is 3.42. The summed E-state index contributed by atoms with van der Waals surface area (Å²) in [5.74, 6) is 0. The second kappa shape index (κ2) is 4.28. The predicted molar refractivity (Wildman–Crippen MR) is 58.3 cm³/mol. The Morgan fingerprint density at radius 1 is 1.22 bits per heavy atom. The van der Waals surface area contributed by atoms with Crippen molar-refractivity contribution in [2.24, 2.45) is 0 Å². The van der Waals surface area contributed by atoms with Gasteiger partial charge in [0.05, 0.1) is 16.4 Å². The molecular formula is C11H10F3NO2S. The van der Waals surface area contributed by atoms with Gasteiger partial charge in [-0.25, -0.2) is 8.42 Å². The van der Waals surface area contributed by atoms with Crippen LogP contribution < -0.4 is 0 Å². The minimum Gasteiger partial charge on any atom is -0.214 e. The van der Waals surface area contributed by atoms with E-state index < -0.39 is 25.7 Å².